The van der Waals surface area contributed by atoms with Crippen molar-refractivity contribution in [2.45, 2.75) is 38.5 Å². The van der Waals surface area contributed by atoms with Crippen LogP contribution >= 0.6 is 23.4 Å². The largest absolute Gasteiger partial charge is 0.484 e. The molecule has 1 amide bonds. The maximum absolute atomic E-state index is 13.1. The summed E-state index contributed by atoms with van der Waals surface area (Å²) >= 11 is 7.27. The SMILES string of the molecule is CCc1cccc(CC)c1NC(=O)CSc1nnc(COc2ccc(F)cc2Cl)n1C. The van der Waals surface area contributed by atoms with Crippen LogP contribution in [0, 0.1) is 5.82 Å². The molecule has 0 spiro atoms. The zero-order valence-electron chi connectivity index (χ0n) is 17.6. The second kappa shape index (κ2) is 10.6. The molecular formula is C22H24ClFN4O2S. The highest BCUT2D eigenvalue weighted by molar-refractivity contribution is 7.99. The Bertz CT molecular complexity index is 1050. The van der Waals surface area contributed by atoms with Crippen LogP contribution in [0.3, 0.4) is 0 Å². The first kappa shape index (κ1) is 23.1. The Kier molecular flexibility index (Phi) is 7.92. The third kappa shape index (κ3) is 5.77. The van der Waals surface area contributed by atoms with Gasteiger partial charge >= 0.3 is 0 Å². The average molecular weight is 463 g/mol. The molecule has 6 nitrogen and oxygen atoms in total. The molecule has 0 radical (unpaired) electrons. The minimum Gasteiger partial charge on any atom is -0.484 e. The number of rotatable bonds is 9. The molecular weight excluding hydrogens is 439 g/mol. The molecule has 164 valence electrons. The number of nitrogens with one attached hydrogen (secondary N) is 1. The van der Waals surface area contributed by atoms with Gasteiger partial charge in [0.25, 0.3) is 0 Å². The Morgan fingerprint density at radius 3 is 2.55 bits per heavy atom. The molecule has 0 aliphatic carbocycles. The third-order valence-electron chi connectivity index (χ3n) is 4.77. The third-order valence-corrected chi connectivity index (χ3v) is 6.09. The van der Waals surface area contributed by atoms with E-state index >= 15 is 0 Å². The van der Waals surface area contributed by atoms with Crippen LogP contribution in [0.4, 0.5) is 10.1 Å². The first-order valence-electron chi connectivity index (χ1n) is 9.92. The number of halogens is 2. The number of aryl methyl sites for hydroxylation is 2. The predicted octanol–water partition coefficient (Wildman–Crippen LogP) is 5.04. The van der Waals surface area contributed by atoms with Gasteiger partial charge in [-0.1, -0.05) is 55.4 Å². The molecule has 2 aromatic carbocycles. The molecule has 0 aliphatic rings. The summed E-state index contributed by atoms with van der Waals surface area (Å²) < 4.78 is 20.5. The molecule has 3 rings (SSSR count). The topological polar surface area (TPSA) is 69.0 Å². The van der Waals surface area contributed by atoms with Crippen molar-refractivity contribution in [2.75, 3.05) is 11.1 Å². The molecule has 0 unspecified atom stereocenters. The summed E-state index contributed by atoms with van der Waals surface area (Å²) in [6, 6.07) is 10.0. The minimum atomic E-state index is -0.430. The Hall–Kier alpha value is -2.58. The fourth-order valence-corrected chi connectivity index (χ4v) is 3.99. The number of anilines is 1. The van der Waals surface area contributed by atoms with E-state index in [1.165, 1.54) is 30.0 Å². The van der Waals surface area contributed by atoms with Gasteiger partial charge in [0.05, 0.1) is 10.8 Å². The van der Waals surface area contributed by atoms with Gasteiger partial charge in [0.15, 0.2) is 11.0 Å². The van der Waals surface area contributed by atoms with E-state index in [1.807, 2.05) is 18.2 Å². The van der Waals surface area contributed by atoms with Gasteiger partial charge in [-0.2, -0.15) is 0 Å². The fraction of sp³-hybridized carbons (Fsp3) is 0.318. The number of carbonyl (C=O) groups excluding carboxylic acids is 1. The number of benzene rings is 2. The Morgan fingerprint density at radius 2 is 1.90 bits per heavy atom. The van der Waals surface area contributed by atoms with Crippen LogP contribution in [0.15, 0.2) is 41.6 Å². The van der Waals surface area contributed by atoms with E-state index in [4.69, 9.17) is 16.3 Å². The number of carbonyl (C=O) groups is 1. The fourth-order valence-electron chi connectivity index (χ4n) is 3.04. The smallest absolute Gasteiger partial charge is 0.234 e. The summed E-state index contributed by atoms with van der Waals surface area (Å²) in [4.78, 5) is 12.6. The lowest BCUT2D eigenvalue weighted by Gasteiger charge is -2.14. The van der Waals surface area contributed by atoms with Crippen LogP contribution in [-0.2, 0) is 31.3 Å². The summed E-state index contributed by atoms with van der Waals surface area (Å²) in [5.41, 5.74) is 3.15. The van der Waals surface area contributed by atoms with Crippen LogP contribution < -0.4 is 10.1 Å². The van der Waals surface area contributed by atoms with Crippen molar-refractivity contribution in [3.63, 3.8) is 0 Å². The van der Waals surface area contributed by atoms with Gasteiger partial charge in [0.2, 0.25) is 5.91 Å². The Balaban J connectivity index is 1.59. The first-order valence-corrected chi connectivity index (χ1v) is 11.3. The van der Waals surface area contributed by atoms with Crippen molar-refractivity contribution in [2.24, 2.45) is 7.05 Å². The first-order chi connectivity index (χ1) is 14.9. The second-order valence-electron chi connectivity index (χ2n) is 6.82. The van der Waals surface area contributed by atoms with Crippen LogP contribution in [-0.4, -0.2) is 26.4 Å². The molecule has 0 atom stereocenters. The average Bonchev–Trinajstić information content (AvgIpc) is 3.11. The number of amides is 1. The van der Waals surface area contributed by atoms with Crippen molar-refractivity contribution in [1.82, 2.24) is 14.8 Å². The quantitative estimate of drug-likeness (QED) is 0.451. The highest BCUT2D eigenvalue weighted by atomic mass is 35.5. The van der Waals surface area contributed by atoms with Gasteiger partial charge in [0.1, 0.15) is 18.2 Å². The van der Waals surface area contributed by atoms with E-state index in [1.54, 1.807) is 11.6 Å². The summed E-state index contributed by atoms with van der Waals surface area (Å²) in [7, 11) is 1.80. The lowest BCUT2D eigenvalue weighted by molar-refractivity contribution is -0.113. The number of ether oxygens (including phenoxy) is 1. The zero-order chi connectivity index (χ0) is 22.4. The molecule has 0 fully saturated rings. The molecule has 0 saturated heterocycles. The van der Waals surface area contributed by atoms with Crippen molar-refractivity contribution >= 4 is 35.0 Å². The van der Waals surface area contributed by atoms with Gasteiger partial charge in [-0.05, 0) is 42.2 Å². The summed E-state index contributed by atoms with van der Waals surface area (Å²) in [6.07, 6.45) is 1.70. The number of para-hydroxylation sites is 1. The molecule has 3 aromatic rings. The van der Waals surface area contributed by atoms with Gasteiger partial charge in [-0.15, -0.1) is 10.2 Å². The van der Waals surface area contributed by atoms with Crippen LogP contribution in [0.1, 0.15) is 30.8 Å². The van der Waals surface area contributed by atoms with Crippen LogP contribution in [0.25, 0.3) is 0 Å². The molecule has 31 heavy (non-hydrogen) atoms. The summed E-state index contributed by atoms with van der Waals surface area (Å²) in [5.74, 6) is 0.603. The molecule has 9 heteroatoms. The molecule has 1 N–H and O–H groups in total. The molecule has 1 heterocycles. The molecule has 1 aromatic heterocycles. The van der Waals surface area contributed by atoms with Crippen LogP contribution in [0.5, 0.6) is 5.75 Å². The molecule has 0 aliphatic heterocycles. The highest BCUT2D eigenvalue weighted by Crippen LogP contribution is 2.26. The summed E-state index contributed by atoms with van der Waals surface area (Å²) in [6.45, 7) is 4.26. The molecule has 0 saturated carbocycles. The number of hydrogen-bond acceptors (Lipinski definition) is 5. The second-order valence-corrected chi connectivity index (χ2v) is 8.17. The number of aromatic nitrogens is 3. The van der Waals surface area contributed by atoms with Crippen molar-refractivity contribution < 1.29 is 13.9 Å². The normalized spacial score (nSPS) is 10.9. The van der Waals surface area contributed by atoms with E-state index < -0.39 is 5.82 Å². The van der Waals surface area contributed by atoms with E-state index in [-0.39, 0.29) is 23.3 Å². The highest BCUT2D eigenvalue weighted by Gasteiger charge is 2.15. The van der Waals surface area contributed by atoms with Gasteiger partial charge in [-0.3, -0.25) is 4.79 Å². The molecule has 0 bridgehead atoms. The van der Waals surface area contributed by atoms with Gasteiger partial charge in [-0.25, -0.2) is 4.39 Å². The lowest BCUT2D eigenvalue weighted by atomic mass is 10.0. The lowest BCUT2D eigenvalue weighted by Crippen LogP contribution is -2.17. The number of hydrogen-bond donors (Lipinski definition) is 1. The summed E-state index contributed by atoms with van der Waals surface area (Å²) in [5, 5.41) is 12.1. The van der Waals surface area contributed by atoms with Crippen molar-refractivity contribution in [3.8, 4) is 5.75 Å². The van der Waals surface area contributed by atoms with Crippen molar-refractivity contribution in [3.05, 3.63) is 64.2 Å². The monoisotopic (exact) mass is 462 g/mol. The van der Waals surface area contributed by atoms with Crippen molar-refractivity contribution in [1.29, 1.82) is 0 Å². The Labute approximate surface area is 190 Å². The van der Waals surface area contributed by atoms with E-state index in [0.717, 1.165) is 29.7 Å². The van der Waals surface area contributed by atoms with Gasteiger partial charge < -0.3 is 14.6 Å². The number of thioether (sulfide) groups is 1. The minimum absolute atomic E-state index is 0.0977. The van der Waals surface area contributed by atoms with E-state index in [9.17, 15) is 9.18 Å². The maximum Gasteiger partial charge on any atom is 0.234 e. The maximum atomic E-state index is 13.1. The standard InChI is InChI=1S/C22H24ClFN4O2S/c1-4-14-7-6-8-15(5-2)21(14)25-20(29)13-31-22-27-26-19(28(22)3)12-30-18-10-9-16(24)11-17(18)23/h6-11H,4-5,12-13H2,1-3H3,(H,25,29). The van der Waals surface area contributed by atoms with E-state index in [2.05, 4.69) is 29.4 Å². The van der Waals surface area contributed by atoms with Crippen LogP contribution in [0.2, 0.25) is 5.02 Å². The number of nitrogens with zero attached hydrogens (tertiary/aromatic N) is 3. The van der Waals surface area contributed by atoms with E-state index in [0.29, 0.717) is 16.7 Å². The van der Waals surface area contributed by atoms with Gasteiger partial charge in [0, 0.05) is 12.7 Å². The zero-order valence-corrected chi connectivity index (χ0v) is 19.2. The Morgan fingerprint density at radius 1 is 1.19 bits per heavy atom. The predicted molar refractivity (Wildman–Crippen MR) is 121 cm³/mol.